The highest BCUT2D eigenvalue weighted by Gasteiger charge is 2.25. The fourth-order valence-corrected chi connectivity index (χ4v) is 3.82. The number of anilines is 1. The average molecular weight is 389 g/mol. The zero-order valence-electron chi connectivity index (χ0n) is 16.4. The SMILES string of the molecule is CCC(CC)c1nnc(NC(=O)C(NC(=O)Cc2ccccc2)C(C)C)s1. The van der Waals surface area contributed by atoms with Crippen LogP contribution >= 0.6 is 11.3 Å². The van der Waals surface area contributed by atoms with E-state index in [2.05, 4.69) is 34.7 Å². The molecule has 1 aromatic heterocycles. The Labute approximate surface area is 164 Å². The number of amides is 2. The van der Waals surface area contributed by atoms with Crippen molar-refractivity contribution in [2.75, 3.05) is 5.32 Å². The van der Waals surface area contributed by atoms with Crippen LogP contribution in [0.5, 0.6) is 0 Å². The Kier molecular flexibility index (Phi) is 7.91. The van der Waals surface area contributed by atoms with Gasteiger partial charge in [-0.15, -0.1) is 10.2 Å². The summed E-state index contributed by atoms with van der Waals surface area (Å²) in [5, 5.41) is 15.3. The molecule has 6 nitrogen and oxygen atoms in total. The number of carbonyl (C=O) groups is 2. The molecule has 2 aromatic rings. The van der Waals surface area contributed by atoms with E-state index in [-0.39, 0.29) is 24.2 Å². The van der Waals surface area contributed by atoms with E-state index < -0.39 is 6.04 Å². The fraction of sp³-hybridized carbons (Fsp3) is 0.500. The Hall–Kier alpha value is -2.28. The maximum Gasteiger partial charge on any atom is 0.249 e. The Morgan fingerprint density at radius 2 is 1.74 bits per heavy atom. The first-order valence-electron chi connectivity index (χ1n) is 9.42. The van der Waals surface area contributed by atoms with Gasteiger partial charge in [0.15, 0.2) is 0 Å². The van der Waals surface area contributed by atoms with Crippen LogP contribution < -0.4 is 10.6 Å². The molecular weight excluding hydrogens is 360 g/mol. The molecule has 2 rings (SSSR count). The molecule has 1 aromatic carbocycles. The second kappa shape index (κ2) is 10.2. The predicted molar refractivity (Wildman–Crippen MR) is 109 cm³/mol. The lowest BCUT2D eigenvalue weighted by Gasteiger charge is -2.21. The van der Waals surface area contributed by atoms with Crippen molar-refractivity contribution >= 4 is 28.3 Å². The number of hydrogen-bond donors (Lipinski definition) is 2. The first kappa shape index (κ1) is 21.0. The van der Waals surface area contributed by atoms with E-state index in [1.807, 2.05) is 44.2 Å². The largest absolute Gasteiger partial charge is 0.344 e. The van der Waals surface area contributed by atoms with E-state index in [4.69, 9.17) is 0 Å². The minimum absolute atomic E-state index is 0.0452. The lowest BCUT2D eigenvalue weighted by atomic mass is 10.0. The molecular formula is C20H28N4O2S. The third-order valence-electron chi connectivity index (χ3n) is 4.48. The summed E-state index contributed by atoms with van der Waals surface area (Å²) in [4.78, 5) is 25.0. The van der Waals surface area contributed by atoms with Gasteiger partial charge in [-0.3, -0.25) is 14.9 Å². The van der Waals surface area contributed by atoms with Crippen LogP contribution in [0.4, 0.5) is 5.13 Å². The quantitative estimate of drug-likeness (QED) is 0.685. The number of hydrogen-bond acceptors (Lipinski definition) is 5. The number of aromatic nitrogens is 2. The molecule has 0 spiro atoms. The summed E-state index contributed by atoms with van der Waals surface area (Å²) in [5.41, 5.74) is 0.914. The summed E-state index contributed by atoms with van der Waals surface area (Å²) in [6.45, 7) is 8.04. The van der Waals surface area contributed by atoms with Crippen LogP contribution in [0.15, 0.2) is 30.3 Å². The Morgan fingerprint density at radius 3 is 2.33 bits per heavy atom. The molecule has 0 bridgehead atoms. The lowest BCUT2D eigenvalue weighted by molar-refractivity contribution is -0.127. The number of nitrogens with zero attached hydrogens (tertiary/aromatic N) is 2. The highest BCUT2D eigenvalue weighted by atomic mass is 32.1. The third-order valence-corrected chi connectivity index (χ3v) is 5.48. The van der Waals surface area contributed by atoms with Crippen molar-refractivity contribution in [2.45, 2.75) is 58.9 Å². The summed E-state index contributed by atoms with van der Waals surface area (Å²) in [7, 11) is 0. The smallest absolute Gasteiger partial charge is 0.249 e. The molecule has 1 unspecified atom stereocenters. The molecule has 27 heavy (non-hydrogen) atoms. The normalized spacial score (nSPS) is 12.2. The van der Waals surface area contributed by atoms with Crippen LogP contribution in [0.1, 0.15) is 57.0 Å². The van der Waals surface area contributed by atoms with E-state index in [9.17, 15) is 9.59 Å². The zero-order valence-corrected chi connectivity index (χ0v) is 17.2. The molecule has 7 heteroatoms. The monoisotopic (exact) mass is 388 g/mol. The Balaban J connectivity index is 1.99. The van der Waals surface area contributed by atoms with Crippen molar-refractivity contribution in [1.29, 1.82) is 0 Å². The van der Waals surface area contributed by atoms with Gasteiger partial charge in [0.05, 0.1) is 6.42 Å². The fourth-order valence-electron chi connectivity index (χ4n) is 2.81. The lowest BCUT2D eigenvalue weighted by Crippen LogP contribution is -2.47. The molecule has 0 saturated heterocycles. The molecule has 0 saturated carbocycles. The minimum atomic E-state index is -0.623. The van der Waals surface area contributed by atoms with Gasteiger partial charge in [0.1, 0.15) is 11.0 Å². The van der Waals surface area contributed by atoms with Crippen LogP contribution in [-0.2, 0) is 16.0 Å². The number of carbonyl (C=O) groups excluding carboxylic acids is 2. The standard InChI is InChI=1S/C20H28N4O2S/c1-5-15(6-2)19-23-24-20(27-19)22-18(26)17(13(3)4)21-16(25)12-14-10-8-7-9-11-14/h7-11,13,15,17H,5-6,12H2,1-4H3,(H,21,25)(H,22,24,26). The van der Waals surface area contributed by atoms with E-state index in [1.54, 1.807) is 0 Å². The van der Waals surface area contributed by atoms with E-state index >= 15 is 0 Å². The highest BCUT2D eigenvalue weighted by Crippen LogP contribution is 2.28. The predicted octanol–water partition coefficient (Wildman–Crippen LogP) is 3.76. The van der Waals surface area contributed by atoms with Gasteiger partial charge in [-0.25, -0.2) is 0 Å². The van der Waals surface area contributed by atoms with Crippen LogP contribution in [0.25, 0.3) is 0 Å². The topological polar surface area (TPSA) is 84.0 Å². The number of rotatable bonds is 9. The second-order valence-corrected chi connectivity index (χ2v) is 7.91. The van der Waals surface area contributed by atoms with E-state index in [0.29, 0.717) is 11.0 Å². The third kappa shape index (κ3) is 6.13. The summed E-state index contributed by atoms with van der Waals surface area (Å²) in [6.07, 6.45) is 2.22. The van der Waals surface area contributed by atoms with Crippen molar-refractivity contribution in [2.24, 2.45) is 5.92 Å². The average Bonchev–Trinajstić information content (AvgIpc) is 3.09. The molecule has 0 radical (unpaired) electrons. The molecule has 1 heterocycles. The minimum Gasteiger partial charge on any atom is -0.344 e. The van der Waals surface area contributed by atoms with Crippen LogP contribution in [0.2, 0.25) is 0 Å². The number of benzene rings is 1. The highest BCUT2D eigenvalue weighted by molar-refractivity contribution is 7.15. The molecule has 0 aliphatic carbocycles. The molecule has 0 aliphatic heterocycles. The van der Waals surface area contributed by atoms with Gasteiger partial charge < -0.3 is 5.32 Å². The van der Waals surface area contributed by atoms with Gasteiger partial charge in [-0.1, -0.05) is 69.4 Å². The van der Waals surface area contributed by atoms with Crippen LogP contribution in [0.3, 0.4) is 0 Å². The van der Waals surface area contributed by atoms with Crippen molar-refractivity contribution in [1.82, 2.24) is 15.5 Å². The summed E-state index contributed by atoms with van der Waals surface area (Å²) >= 11 is 1.40. The van der Waals surface area contributed by atoms with Crippen molar-refractivity contribution in [3.63, 3.8) is 0 Å². The van der Waals surface area contributed by atoms with Gasteiger partial charge in [0, 0.05) is 5.92 Å². The van der Waals surface area contributed by atoms with Crippen LogP contribution in [0, 0.1) is 5.92 Å². The van der Waals surface area contributed by atoms with Crippen molar-refractivity contribution in [3.8, 4) is 0 Å². The van der Waals surface area contributed by atoms with Crippen molar-refractivity contribution < 1.29 is 9.59 Å². The van der Waals surface area contributed by atoms with Gasteiger partial charge >= 0.3 is 0 Å². The summed E-state index contributed by atoms with van der Waals surface area (Å²) in [6, 6.07) is 8.85. The summed E-state index contributed by atoms with van der Waals surface area (Å²) in [5.74, 6) is -0.125. The van der Waals surface area contributed by atoms with Gasteiger partial charge in [-0.2, -0.15) is 0 Å². The Morgan fingerprint density at radius 1 is 1.07 bits per heavy atom. The van der Waals surface area contributed by atoms with Gasteiger partial charge in [-0.05, 0) is 24.3 Å². The maximum atomic E-state index is 12.7. The van der Waals surface area contributed by atoms with Crippen molar-refractivity contribution in [3.05, 3.63) is 40.9 Å². The molecule has 1 atom stereocenters. The van der Waals surface area contributed by atoms with Crippen LogP contribution in [-0.4, -0.2) is 28.1 Å². The molecule has 2 amide bonds. The zero-order chi connectivity index (χ0) is 19.8. The molecule has 0 fully saturated rings. The van der Waals surface area contributed by atoms with Gasteiger partial charge in [0.25, 0.3) is 0 Å². The first-order chi connectivity index (χ1) is 12.9. The van der Waals surface area contributed by atoms with E-state index in [0.717, 1.165) is 23.4 Å². The van der Waals surface area contributed by atoms with E-state index in [1.165, 1.54) is 11.3 Å². The Bertz CT molecular complexity index is 741. The molecule has 146 valence electrons. The van der Waals surface area contributed by atoms with Gasteiger partial charge in [0.2, 0.25) is 16.9 Å². The molecule has 0 aliphatic rings. The number of nitrogens with one attached hydrogen (secondary N) is 2. The maximum absolute atomic E-state index is 12.7. The first-order valence-corrected chi connectivity index (χ1v) is 10.2. The molecule has 2 N–H and O–H groups in total. The summed E-state index contributed by atoms with van der Waals surface area (Å²) < 4.78 is 0. The second-order valence-electron chi connectivity index (χ2n) is 6.90.